The van der Waals surface area contributed by atoms with Crippen molar-refractivity contribution in [3.63, 3.8) is 0 Å². The van der Waals surface area contributed by atoms with E-state index >= 15 is 0 Å². The van der Waals surface area contributed by atoms with Crippen LogP contribution in [0.4, 0.5) is 0 Å². The molecule has 0 saturated carbocycles. The number of rotatable bonds is 3. The van der Waals surface area contributed by atoms with Crippen LogP contribution in [-0.4, -0.2) is 23.2 Å². The first-order valence-electron chi connectivity index (χ1n) is 8.88. The average Bonchev–Trinajstić information content (AvgIpc) is 3.33. The highest BCUT2D eigenvalue weighted by atomic mass is 35.5. The van der Waals surface area contributed by atoms with Crippen molar-refractivity contribution in [1.82, 2.24) is 10.1 Å². The fourth-order valence-electron chi connectivity index (χ4n) is 3.37. The molecule has 1 atom stereocenters. The Hall–Kier alpha value is -2.86. The molecule has 1 aliphatic carbocycles. The van der Waals surface area contributed by atoms with E-state index in [0.29, 0.717) is 28.6 Å². The number of nitrogens with zero attached hydrogens (tertiary/aromatic N) is 2. The Morgan fingerprint density at radius 3 is 2.75 bits per heavy atom. The molecule has 0 bridgehead atoms. The standard InChI is InChI=1S/C21H19ClN2O4/c1-10-7-11(2)15-9-17(27-18(15)12(10)3)19-23-20(28-24-19)14-6-5-13(8-16(14)22)21(25)26-4/h5-7,9,13H,8H2,1-4H3. The molecule has 2 aromatic heterocycles. The molecule has 0 radical (unpaired) electrons. The molecular weight excluding hydrogens is 380 g/mol. The van der Waals surface area contributed by atoms with Gasteiger partial charge in [-0.15, -0.1) is 0 Å². The fourth-order valence-corrected chi connectivity index (χ4v) is 3.68. The van der Waals surface area contributed by atoms with Gasteiger partial charge in [-0.05, 0) is 43.5 Å². The number of hydrogen-bond acceptors (Lipinski definition) is 6. The highest BCUT2D eigenvalue weighted by Gasteiger charge is 2.26. The van der Waals surface area contributed by atoms with E-state index in [1.54, 1.807) is 12.2 Å². The van der Waals surface area contributed by atoms with Gasteiger partial charge in [-0.2, -0.15) is 4.98 Å². The Morgan fingerprint density at radius 1 is 1.25 bits per heavy atom. The summed E-state index contributed by atoms with van der Waals surface area (Å²) in [6.07, 6.45) is 3.77. The number of allylic oxidation sites excluding steroid dienone is 3. The third-order valence-corrected chi connectivity index (χ3v) is 5.45. The summed E-state index contributed by atoms with van der Waals surface area (Å²) >= 11 is 6.36. The predicted octanol–water partition coefficient (Wildman–Crippen LogP) is 5.11. The molecule has 2 heterocycles. The zero-order valence-corrected chi connectivity index (χ0v) is 16.8. The number of aryl methyl sites for hydroxylation is 3. The van der Waals surface area contributed by atoms with Crippen molar-refractivity contribution in [3.8, 4) is 11.6 Å². The number of fused-ring (bicyclic) bond motifs is 1. The zero-order chi connectivity index (χ0) is 20.0. The monoisotopic (exact) mass is 398 g/mol. The summed E-state index contributed by atoms with van der Waals surface area (Å²) in [6.45, 7) is 6.13. The first kappa shape index (κ1) is 18.5. The largest absolute Gasteiger partial charge is 0.469 e. The fraction of sp³-hybridized carbons (Fsp3) is 0.286. The predicted molar refractivity (Wildman–Crippen MR) is 106 cm³/mol. The zero-order valence-electron chi connectivity index (χ0n) is 16.0. The number of benzene rings is 1. The lowest BCUT2D eigenvalue weighted by Crippen LogP contribution is -2.16. The molecule has 0 aliphatic heterocycles. The number of hydrogen-bond donors (Lipinski definition) is 0. The first-order chi connectivity index (χ1) is 13.4. The van der Waals surface area contributed by atoms with Gasteiger partial charge in [0, 0.05) is 16.8 Å². The molecule has 0 amide bonds. The van der Waals surface area contributed by atoms with Crippen molar-refractivity contribution < 1.29 is 18.5 Å². The van der Waals surface area contributed by atoms with Crippen LogP contribution in [0.3, 0.4) is 0 Å². The number of furan rings is 1. The summed E-state index contributed by atoms with van der Waals surface area (Å²) in [6, 6.07) is 4.06. The van der Waals surface area contributed by atoms with Gasteiger partial charge in [0.25, 0.3) is 5.89 Å². The molecule has 0 spiro atoms. The van der Waals surface area contributed by atoms with Crippen LogP contribution < -0.4 is 0 Å². The van der Waals surface area contributed by atoms with Gasteiger partial charge < -0.3 is 13.7 Å². The number of carbonyl (C=O) groups is 1. The quantitative estimate of drug-likeness (QED) is 0.570. The maximum absolute atomic E-state index is 11.7. The summed E-state index contributed by atoms with van der Waals surface area (Å²) in [5, 5.41) is 5.55. The Kier molecular flexibility index (Phi) is 4.59. The third-order valence-electron chi connectivity index (χ3n) is 5.09. The van der Waals surface area contributed by atoms with E-state index in [2.05, 4.69) is 23.1 Å². The van der Waals surface area contributed by atoms with Crippen LogP contribution in [0.5, 0.6) is 0 Å². The van der Waals surface area contributed by atoms with E-state index in [9.17, 15) is 4.79 Å². The number of methoxy groups -OCH3 is 1. The van der Waals surface area contributed by atoms with E-state index in [1.807, 2.05) is 19.9 Å². The van der Waals surface area contributed by atoms with Crippen LogP contribution in [-0.2, 0) is 9.53 Å². The minimum atomic E-state index is -0.409. The van der Waals surface area contributed by atoms with E-state index < -0.39 is 5.92 Å². The Labute approximate surface area is 166 Å². The molecule has 1 aromatic carbocycles. The highest BCUT2D eigenvalue weighted by molar-refractivity contribution is 6.33. The molecular formula is C21H19ClN2O4. The van der Waals surface area contributed by atoms with Crippen LogP contribution in [0, 0.1) is 26.7 Å². The van der Waals surface area contributed by atoms with Crippen molar-refractivity contribution in [1.29, 1.82) is 0 Å². The van der Waals surface area contributed by atoms with Gasteiger partial charge in [0.1, 0.15) is 5.58 Å². The molecule has 7 heteroatoms. The van der Waals surface area contributed by atoms with Crippen molar-refractivity contribution in [2.45, 2.75) is 27.2 Å². The first-order valence-corrected chi connectivity index (χ1v) is 9.26. The van der Waals surface area contributed by atoms with Crippen molar-refractivity contribution in [3.05, 3.63) is 51.9 Å². The van der Waals surface area contributed by atoms with E-state index in [1.165, 1.54) is 12.7 Å². The van der Waals surface area contributed by atoms with Gasteiger partial charge in [-0.25, -0.2) is 0 Å². The highest BCUT2D eigenvalue weighted by Crippen LogP contribution is 2.35. The summed E-state index contributed by atoms with van der Waals surface area (Å²) in [5.74, 6) is 0.426. The topological polar surface area (TPSA) is 78.4 Å². The summed E-state index contributed by atoms with van der Waals surface area (Å²) < 4.78 is 16.2. The van der Waals surface area contributed by atoms with E-state index in [-0.39, 0.29) is 11.9 Å². The molecule has 144 valence electrons. The molecule has 0 saturated heterocycles. The van der Waals surface area contributed by atoms with Crippen molar-refractivity contribution in [2.24, 2.45) is 5.92 Å². The molecule has 0 N–H and O–H groups in total. The van der Waals surface area contributed by atoms with Gasteiger partial charge >= 0.3 is 5.97 Å². The molecule has 28 heavy (non-hydrogen) atoms. The molecule has 1 unspecified atom stereocenters. The van der Waals surface area contributed by atoms with E-state index in [4.69, 9.17) is 25.3 Å². The van der Waals surface area contributed by atoms with Crippen LogP contribution in [0.15, 0.2) is 38.3 Å². The number of esters is 1. The summed E-state index contributed by atoms with van der Waals surface area (Å²) in [5.41, 5.74) is 4.82. The second kappa shape index (κ2) is 6.95. The number of ether oxygens (including phenoxy) is 1. The van der Waals surface area contributed by atoms with Crippen LogP contribution in [0.25, 0.3) is 28.1 Å². The summed E-state index contributed by atoms with van der Waals surface area (Å²) in [4.78, 5) is 16.1. The SMILES string of the molecule is COC(=O)C1C=CC(c2nc(-c3cc4c(C)cc(C)c(C)c4o3)no2)=C(Cl)C1. The molecule has 1 aliphatic rings. The second-order valence-electron chi connectivity index (χ2n) is 6.92. The number of halogens is 1. The smallest absolute Gasteiger partial charge is 0.312 e. The molecule has 4 rings (SSSR count). The minimum Gasteiger partial charge on any atom is -0.469 e. The van der Waals surface area contributed by atoms with Crippen molar-refractivity contribution in [2.75, 3.05) is 7.11 Å². The van der Waals surface area contributed by atoms with Gasteiger partial charge in [-0.3, -0.25) is 4.79 Å². The lowest BCUT2D eigenvalue weighted by atomic mass is 9.96. The normalized spacial score (nSPS) is 16.8. The summed E-state index contributed by atoms with van der Waals surface area (Å²) in [7, 11) is 1.35. The number of aromatic nitrogens is 2. The Bertz CT molecular complexity index is 1150. The van der Waals surface area contributed by atoms with Crippen LogP contribution >= 0.6 is 11.6 Å². The van der Waals surface area contributed by atoms with Gasteiger partial charge in [0.2, 0.25) is 5.82 Å². The molecule has 6 nitrogen and oxygen atoms in total. The third kappa shape index (κ3) is 3.03. The molecule has 0 fully saturated rings. The molecule has 3 aromatic rings. The van der Waals surface area contributed by atoms with Crippen LogP contribution in [0.2, 0.25) is 0 Å². The van der Waals surface area contributed by atoms with E-state index in [0.717, 1.165) is 22.1 Å². The lowest BCUT2D eigenvalue weighted by Gasteiger charge is -2.15. The lowest BCUT2D eigenvalue weighted by molar-refractivity contribution is -0.143. The van der Waals surface area contributed by atoms with Crippen LogP contribution in [0.1, 0.15) is 29.0 Å². The number of carbonyl (C=O) groups excluding carboxylic acids is 1. The maximum Gasteiger partial charge on any atom is 0.312 e. The Balaban J connectivity index is 1.68. The average molecular weight is 399 g/mol. The Morgan fingerprint density at radius 2 is 2.04 bits per heavy atom. The van der Waals surface area contributed by atoms with Gasteiger partial charge in [-0.1, -0.05) is 35.0 Å². The maximum atomic E-state index is 11.7. The minimum absolute atomic E-state index is 0.282. The second-order valence-corrected chi connectivity index (χ2v) is 7.38. The van der Waals surface area contributed by atoms with Crippen molar-refractivity contribution >= 4 is 34.1 Å². The van der Waals surface area contributed by atoms with Gasteiger partial charge in [0.05, 0.1) is 18.6 Å². The van der Waals surface area contributed by atoms with Gasteiger partial charge in [0.15, 0.2) is 5.76 Å².